The molecule has 146 valence electrons. The van der Waals surface area contributed by atoms with Crippen LogP contribution in [0, 0.1) is 0 Å². The molecule has 0 aliphatic rings. The van der Waals surface area contributed by atoms with Crippen LogP contribution in [-0.2, 0) is 27.5 Å². The Labute approximate surface area is 156 Å². The zero-order valence-corrected chi connectivity index (χ0v) is 15.6. The second kappa shape index (κ2) is 7.99. The molecule has 27 heavy (non-hydrogen) atoms. The maximum Gasteiger partial charge on any atom is 0.416 e. The highest BCUT2D eigenvalue weighted by Crippen LogP contribution is 2.32. The summed E-state index contributed by atoms with van der Waals surface area (Å²) in [6.45, 7) is -0.344. The molecule has 0 aliphatic heterocycles. The van der Waals surface area contributed by atoms with Crippen LogP contribution < -0.4 is 4.31 Å². The molecule has 0 atom stereocenters. The number of carbonyl (C=O) groups is 1. The van der Waals surface area contributed by atoms with Gasteiger partial charge in [0.15, 0.2) is 0 Å². The smallest absolute Gasteiger partial charge is 0.340 e. The standard InChI is InChI=1S/C18H19F3N2O3S/c1-22(12-14-7-4-3-5-8-14)17(24)13-23(27(2,25)26)16-10-6-9-15(11-16)18(19,20)21/h3-11H,12-13H2,1-2H3. The molecule has 0 heterocycles. The SMILES string of the molecule is CN(Cc1ccccc1)C(=O)CN(c1cccc(C(F)(F)F)c1)S(C)(=O)=O. The van der Waals surface area contributed by atoms with Crippen LogP contribution in [0.1, 0.15) is 11.1 Å². The third kappa shape index (κ3) is 5.72. The van der Waals surface area contributed by atoms with Gasteiger partial charge in [0.2, 0.25) is 15.9 Å². The lowest BCUT2D eigenvalue weighted by Gasteiger charge is -2.25. The summed E-state index contributed by atoms with van der Waals surface area (Å²) in [4.78, 5) is 13.8. The zero-order chi connectivity index (χ0) is 20.2. The number of amides is 1. The lowest BCUT2D eigenvalue weighted by Crippen LogP contribution is -2.41. The molecule has 2 aromatic rings. The zero-order valence-electron chi connectivity index (χ0n) is 14.8. The number of rotatable bonds is 6. The van der Waals surface area contributed by atoms with E-state index in [0.29, 0.717) is 10.4 Å². The predicted molar refractivity (Wildman–Crippen MR) is 96.5 cm³/mol. The van der Waals surface area contributed by atoms with Crippen molar-refractivity contribution >= 4 is 21.6 Å². The molecule has 0 saturated heterocycles. The molecule has 0 aromatic heterocycles. The Kier molecular flexibility index (Phi) is 6.15. The number of hydrogen-bond acceptors (Lipinski definition) is 3. The number of carbonyl (C=O) groups excluding carboxylic acids is 1. The summed E-state index contributed by atoms with van der Waals surface area (Å²) in [5.74, 6) is -0.540. The Bertz CT molecular complexity index is 900. The first-order valence-electron chi connectivity index (χ1n) is 7.91. The number of nitrogens with zero attached hydrogens (tertiary/aromatic N) is 2. The van der Waals surface area contributed by atoms with Crippen molar-refractivity contribution in [2.75, 3.05) is 24.2 Å². The summed E-state index contributed by atoms with van der Waals surface area (Å²) < 4.78 is 63.6. The van der Waals surface area contributed by atoms with E-state index in [1.807, 2.05) is 18.2 Å². The van der Waals surface area contributed by atoms with E-state index in [-0.39, 0.29) is 12.2 Å². The molecule has 9 heteroatoms. The van der Waals surface area contributed by atoms with Crippen molar-refractivity contribution in [2.24, 2.45) is 0 Å². The number of sulfonamides is 1. The van der Waals surface area contributed by atoms with Crippen LogP contribution in [0.4, 0.5) is 18.9 Å². The lowest BCUT2D eigenvalue weighted by molar-refractivity contribution is -0.137. The van der Waals surface area contributed by atoms with Crippen LogP contribution in [0.25, 0.3) is 0 Å². The van der Waals surface area contributed by atoms with Crippen LogP contribution in [0.15, 0.2) is 54.6 Å². The molecular weight excluding hydrogens is 381 g/mol. The van der Waals surface area contributed by atoms with E-state index in [9.17, 15) is 26.4 Å². The fourth-order valence-electron chi connectivity index (χ4n) is 2.43. The average molecular weight is 400 g/mol. The van der Waals surface area contributed by atoms with Crippen LogP contribution >= 0.6 is 0 Å². The molecule has 0 fully saturated rings. The van der Waals surface area contributed by atoms with E-state index < -0.39 is 34.2 Å². The molecule has 0 aliphatic carbocycles. The second-order valence-electron chi connectivity index (χ2n) is 6.05. The molecular formula is C18H19F3N2O3S. The van der Waals surface area contributed by atoms with Crippen LogP contribution in [0.5, 0.6) is 0 Å². The van der Waals surface area contributed by atoms with Crippen molar-refractivity contribution in [1.82, 2.24) is 4.90 Å². The highest BCUT2D eigenvalue weighted by Gasteiger charge is 2.32. The molecule has 2 rings (SSSR count). The Hall–Kier alpha value is -2.55. The first-order chi connectivity index (χ1) is 12.5. The molecule has 0 spiro atoms. The molecule has 0 N–H and O–H groups in total. The third-order valence-corrected chi connectivity index (χ3v) is 4.97. The van der Waals surface area contributed by atoms with Crippen LogP contribution in [-0.4, -0.2) is 39.1 Å². The molecule has 0 saturated carbocycles. The van der Waals surface area contributed by atoms with Crippen LogP contribution in [0.2, 0.25) is 0 Å². The quantitative estimate of drug-likeness (QED) is 0.749. The summed E-state index contributed by atoms with van der Waals surface area (Å²) in [7, 11) is -2.46. The second-order valence-corrected chi connectivity index (χ2v) is 7.96. The Morgan fingerprint density at radius 3 is 2.22 bits per heavy atom. The summed E-state index contributed by atoms with van der Waals surface area (Å²) in [6.07, 6.45) is -3.77. The van der Waals surface area contributed by atoms with E-state index >= 15 is 0 Å². The van der Waals surface area contributed by atoms with Gasteiger partial charge in [0.1, 0.15) is 6.54 Å². The Morgan fingerprint density at radius 2 is 1.67 bits per heavy atom. The van der Waals surface area contributed by atoms with Gasteiger partial charge in [-0.3, -0.25) is 9.10 Å². The maximum absolute atomic E-state index is 12.9. The van der Waals surface area contributed by atoms with Crippen molar-refractivity contribution in [3.8, 4) is 0 Å². The maximum atomic E-state index is 12.9. The number of anilines is 1. The molecule has 0 bridgehead atoms. The molecule has 1 amide bonds. The minimum Gasteiger partial charge on any atom is -0.340 e. The van der Waals surface area contributed by atoms with Crippen molar-refractivity contribution in [3.05, 3.63) is 65.7 Å². The minimum atomic E-state index is -4.62. The fourth-order valence-corrected chi connectivity index (χ4v) is 3.27. The monoisotopic (exact) mass is 400 g/mol. The largest absolute Gasteiger partial charge is 0.416 e. The van der Waals surface area contributed by atoms with Gasteiger partial charge in [-0.2, -0.15) is 13.2 Å². The first-order valence-corrected chi connectivity index (χ1v) is 9.76. The Morgan fingerprint density at radius 1 is 1.04 bits per heavy atom. The van der Waals surface area contributed by atoms with Gasteiger partial charge in [0.25, 0.3) is 0 Å². The summed E-state index contributed by atoms with van der Waals surface area (Å²) in [5, 5.41) is 0. The highest BCUT2D eigenvalue weighted by atomic mass is 32.2. The van der Waals surface area contributed by atoms with Gasteiger partial charge in [-0.25, -0.2) is 8.42 Å². The number of alkyl halides is 3. The number of hydrogen-bond donors (Lipinski definition) is 0. The van der Waals surface area contributed by atoms with Gasteiger partial charge in [-0.15, -0.1) is 0 Å². The van der Waals surface area contributed by atoms with Gasteiger partial charge in [0.05, 0.1) is 17.5 Å². The van der Waals surface area contributed by atoms with Gasteiger partial charge in [0, 0.05) is 13.6 Å². The van der Waals surface area contributed by atoms with Crippen molar-refractivity contribution < 1.29 is 26.4 Å². The lowest BCUT2D eigenvalue weighted by atomic mass is 10.2. The molecule has 0 unspecified atom stereocenters. The third-order valence-electron chi connectivity index (χ3n) is 3.83. The molecule has 2 aromatic carbocycles. The normalized spacial score (nSPS) is 11.9. The summed E-state index contributed by atoms with van der Waals surface area (Å²) in [6, 6.07) is 12.9. The highest BCUT2D eigenvalue weighted by molar-refractivity contribution is 7.92. The van der Waals surface area contributed by atoms with E-state index in [4.69, 9.17) is 0 Å². The van der Waals surface area contributed by atoms with E-state index in [1.54, 1.807) is 12.1 Å². The average Bonchev–Trinajstić information content (AvgIpc) is 2.58. The van der Waals surface area contributed by atoms with Gasteiger partial charge in [-0.1, -0.05) is 36.4 Å². The predicted octanol–water partition coefficient (Wildman–Crippen LogP) is 3.13. The first kappa shape index (κ1) is 20.8. The van der Waals surface area contributed by atoms with Crippen molar-refractivity contribution in [3.63, 3.8) is 0 Å². The number of benzene rings is 2. The van der Waals surface area contributed by atoms with Gasteiger partial charge in [-0.05, 0) is 23.8 Å². The minimum absolute atomic E-state index is 0.214. The van der Waals surface area contributed by atoms with E-state index in [0.717, 1.165) is 24.0 Å². The molecule has 5 nitrogen and oxygen atoms in total. The number of halogens is 3. The Balaban J connectivity index is 2.24. The van der Waals surface area contributed by atoms with Gasteiger partial charge >= 0.3 is 6.18 Å². The van der Waals surface area contributed by atoms with E-state index in [2.05, 4.69) is 0 Å². The number of likely N-dealkylation sites (N-methyl/N-ethyl adjacent to an activating group) is 1. The van der Waals surface area contributed by atoms with E-state index in [1.165, 1.54) is 18.0 Å². The van der Waals surface area contributed by atoms with Gasteiger partial charge < -0.3 is 4.90 Å². The topological polar surface area (TPSA) is 57.7 Å². The summed E-state index contributed by atoms with van der Waals surface area (Å²) >= 11 is 0. The fraction of sp³-hybridized carbons (Fsp3) is 0.278. The van der Waals surface area contributed by atoms with Crippen LogP contribution in [0.3, 0.4) is 0 Å². The van der Waals surface area contributed by atoms with Crippen molar-refractivity contribution in [2.45, 2.75) is 12.7 Å². The summed E-state index contributed by atoms with van der Waals surface area (Å²) in [5.41, 5.74) is -0.356. The van der Waals surface area contributed by atoms with Crippen molar-refractivity contribution in [1.29, 1.82) is 0 Å². The molecule has 0 radical (unpaired) electrons.